The zero-order valence-electron chi connectivity index (χ0n) is 12.5. The Morgan fingerprint density at radius 3 is 2.26 bits per heavy atom. The van der Waals surface area contributed by atoms with Crippen molar-refractivity contribution >= 4 is 6.16 Å². The van der Waals surface area contributed by atoms with Gasteiger partial charge in [0.1, 0.15) is 11.4 Å². The Bertz CT molecular complexity index is 407. The van der Waals surface area contributed by atoms with Crippen LogP contribution in [0.3, 0.4) is 0 Å². The molecule has 0 fully saturated rings. The van der Waals surface area contributed by atoms with Crippen LogP contribution in [0.15, 0.2) is 24.3 Å². The maximum absolute atomic E-state index is 11.6. The number of hydrogen-bond acceptors (Lipinski definition) is 3. The highest BCUT2D eigenvalue weighted by Gasteiger charge is 2.21. The predicted octanol–water partition coefficient (Wildman–Crippen LogP) is 4.90. The van der Waals surface area contributed by atoms with Crippen LogP contribution in [0, 0.1) is 0 Å². The summed E-state index contributed by atoms with van der Waals surface area (Å²) in [5.41, 5.74) is 0.755. The molecule has 19 heavy (non-hydrogen) atoms. The lowest BCUT2D eigenvalue weighted by Crippen LogP contribution is -2.28. The molecule has 0 bridgehead atoms. The zero-order valence-corrected chi connectivity index (χ0v) is 12.5. The molecule has 106 valence electrons. The summed E-state index contributed by atoms with van der Waals surface area (Å²) in [5, 5.41) is 0. The number of ether oxygens (including phenoxy) is 2. The third kappa shape index (κ3) is 4.93. The molecule has 1 aromatic carbocycles. The van der Waals surface area contributed by atoms with Crippen LogP contribution in [0.4, 0.5) is 4.79 Å². The Morgan fingerprint density at radius 1 is 1.21 bits per heavy atom. The van der Waals surface area contributed by atoms with Gasteiger partial charge in [-0.05, 0) is 50.3 Å². The summed E-state index contributed by atoms with van der Waals surface area (Å²) in [7, 11) is 0. The lowest BCUT2D eigenvalue weighted by atomic mass is 9.99. The summed E-state index contributed by atoms with van der Waals surface area (Å²) in [6, 6.07) is 7.59. The molecule has 0 radical (unpaired) electrons. The summed E-state index contributed by atoms with van der Waals surface area (Å²) >= 11 is 0. The topological polar surface area (TPSA) is 35.5 Å². The van der Waals surface area contributed by atoms with E-state index < -0.39 is 11.8 Å². The normalized spacial score (nSPS) is 12.9. The van der Waals surface area contributed by atoms with Crippen LogP contribution in [0.2, 0.25) is 0 Å². The van der Waals surface area contributed by atoms with Gasteiger partial charge in [-0.25, -0.2) is 4.79 Å². The Labute approximate surface area is 115 Å². The first-order valence-corrected chi connectivity index (χ1v) is 6.88. The van der Waals surface area contributed by atoms with E-state index in [0.29, 0.717) is 11.7 Å². The molecule has 0 aliphatic heterocycles. The van der Waals surface area contributed by atoms with Gasteiger partial charge in [0.05, 0.1) is 0 Å². The molecular formula is C16H24O3. The van der Waals surface area contributed by atoms with Crippen molar-refractivity contribution in [3.63, 3.8) is 0 Å². The fourth-order valence-corrected chi connectivity index (χ4v) is 1.51. The van der Waals surface area contributed by atoms with Gasteiger partial charge < -0.3 is 9.47 Å². The van der Waals surface area contributed by atoms with Crippen LogP contribution >= 0.6 is 0 Å². The maximum Gasteiger partial charge on any atom is 0.514 e. The van der Waals surface area contributed by atoms with Crippen molar-refractivity contribution in [3.05, 3.63) is 29.8 Å². The Morgan fingerprint density at radius 2 is 1.79 bits per heavy atom. The molecule has 1 atom stereocenters. The first-order valence-electron chi connectivity index (χ1n) is 6.88. The first-order chi connectivity index (χ1) is 8.88. The van der Waals surface area contributed by atoms with Crippen LogP contribution in [0.25, 0.3) is 0 Å². The molecule has 1 rings (SSSR count). The van der Waals surface area contributed by atoms with E-state index in [1.807, 2.05) is 45.0 Å². The highest BCUT2D eigenvalue weighted by Crippen LogP contribution is 2.22. The van der Waals surface area contributed by atoms with Crippen molar-refractivity contribution in [2.75, 3.05) is 0 Å². The van der Waals surface area contributed by atoms with E-state index >= 15 is 0 Å². The SMILES string of the molecule is CCC(C)c1ccc(OC(=O)OC(C)(C)CC)cc1. The highest BCUT2D eigenvalue weighted by molar-refractivity contribution is 5.64. The van der Waals surface area contributed by atoms with E-state index in [-0.39, 0.29) is 0 Å². The fraction of sp³-hybridized carbons (Fsp3) is 0.562. The monoisotopic (exact) mass is 264 g/mol. The highest BCUT2D eigenvalue weighted by atomic mass is 16.7. The standard InChI is InChI=1S/C16H24O3/c1-6-12(3)13-8-10-14(11-9-13)18-15(17)19-16(4,5)7-2/h8-12H,6-7H2,1-5H3. The average Bonchev–Trinajstić information content (AvgIpc) is 2.38. The fourth-order valence-electron chi connectivity index (χ4n) is 1.51. The van der Waals surface area contributed by atoms with Gasteiger partial charge >= 0.3 is 6.16 Å². The third-order valence-corrected chi connectivity index (χ3v) is 3.47. The molecule has 0 N–H and O–H groups in total. The molecule has 0 aliphatic rings. The Hall–Kier alpha value is -1.51. The smallest absolute Gasteiger partial charge is 0.428 e. The van der Waals surface area contributed by atoms with Gasteiger partial charge in [0.25, 0.3) is 0 Å². The minimum atomic E-state index is -0.650. The van der Waals surface area contributed by atoms with Gasteiger partial charge in [-0.1, -0.05) is 32.9 Å². The predicted molar refractivity (Wildman–Crippen MR) is 76.6 cm³/mol. The summed E-state index contributed by atoms with van der Waals surface area (Å²) < 4.78 is 10.4. The number of benzene rings is 1. The van der Waals surface area contributed by atoms with Gasteiger partial charge in [-0.15, -0.1) is 0 Å². The molecular weight excluding hydrogens is 240 g/mol. The number of rotatable bonds is 5. The molecule has 1 aromatic rings. The van der Waals surface area contributed by atoms with E-state index in [4.69, 9.17) is 9.47 Å². The van der Waals surface area contributed by atoms with Crippen molar-refractivity contribution in [2.24, 2.45) is 0 Å². The minimum Gasteiger partial charge on any atom is -0.428 e. The summed E-state index contributed by atoms with van der Waals surface area (Å²) in [4.78, 5) is 11.6. The van der Waals surface area contributed by atoms with Crippen LogP contribution in [-0.4, -0.2) is 11.8 Å². The molecule has 0 spiro atoms. The van der Waals surface area contributed by atoms with Gasteiger partial charge in [-0.2, -0.15) is 0 Å². The molecule has 3 nitrogen and oxygen atoms in total. The van der Waals surface area contributed by atoms with Crippen LogP contribution in [0.1, 0.15) is 58.9 Å². The molecule has 3 heteroatoms. The molecule has 0 saturated heterocycles. The summed E-state index contributed by atoms with van der Waals surface area (Å²) in [6.07, 6.45) is 1.19. The van der Waals surface area contributed by atoms with E-state index in [1.165, 1.54) is 5.56 Å². The van der Waals surface area contributed by atoms with Crippen molar-refractivity contribution in [2.45, 2.75) is 59.0 Å². The molecule has 0 saturated carbocycles. The van der Waals surface area contributed by atoms with E-state index in [9.17, 15) is 4.79 Å². The van der Waals surface area contributed by atoms with Crippen molar-refractivity contribution in [1.29, 1.82) is 0 Å². The Kier molecular flexibility index (Phi) is 5.40. The van der Waals surface area contributed by atoms with Crippen molar-refractivity contribution in [1.82, 2.24) is 0 Å². The van der Waals surface area contributed by atoms with E-state index in [2.05, 4.69) is 13.8 Å². The average molecular weight is 264 g/mol. The maximum atomic E-state index is 11.6. The van der Waals surface area contributed by atoms with Crippen molar-refractivity contribution < 1.29 is 14.3 Å². The second kappa shape index (κ2) is 6.60. The van der Waals surface area contributed by atoms with Crippen LogP contribution in [-0.2, 0) is 4.74 Å². The lowest BCUT2D eigenvalue weighted by Gasteiger charge is -2.22. The van der Waals surface area contributed by atoms with Gasteiger partial charge in [0.15, 0.2) is 0 Å². The molecule has 1 unspecified atom stereocenters. The molecule has 0 heterocycles. The number of carbonyl (C=O) groups excluding carboxylic acids is 1. The summed E-state index contributed by atoms with van der Waals surface area (Å²) in [6.45, 7) is 10.0. The quantitative estimate of drug-likeness (QED) is 0.560. The first kappa shape index (κ1) is 15.5. The minimum absolute atomic E-state index is 0.492. The van der Waals surface area contributed by atoms with Crippen molar-refractivity contribution in [3.8, 4) is 5.75 Å². The summed E-state index contributed by atoms with van der Waals surface area (Å²) in [5.74, 6) is 1.03. The van der Waals surface area contributed by atoms with E-state index in [1.54, 1.807) is 0 Å². The van der Waals surface area contributed by atoms with Crippen LogP contribution in [0.5, 0.6) is 5.75 Å². The Balaban J connectivity index is 2.61. The third-order valence-electron chi connectivity index (χ3n) is 3.47. The lowest BCUT2D eigenvalue weighted by molar-refractivity contribution is 0.00706. The van der Waals surface area contributed by atoms with Gasteiger partial charge in [0.2, 0.25) is 0 Å². The number of carbonyl (C=O) groups is 1. The van der Waals surface area contributed by atoms with Crippen LogP contribution < -0.4 is 4.74 Å². The molecule has 0 aromatic heterocycles. The zero-order chi connectivity index (χ0) is 14.5. The van der Waals surface area contributed by atoms with Gasteiger partial charge in [0, 0.05) is 0 Å². The van der Waals surface area contributed by atoms with Gasteiger partial charge in [-0.3, -0.25) is 0 Å². The van der Waals surface area contributed by atoms with E-state index in [0.717, 1.165) is 12.8 Å². The largest absolute Gasteiger partial charge is 0.514 e. The second-order valence-corrected chi connectivity index (χ2v) is 5.45. The molecule has 0 amide bonds. The number of hydrogen-bond donors (Lipinski definition) is 0. The second-order valence-electron chi connectivity index (χ2n) is 5.45. The molecule has 0 aliphatic carbocycles.